The molecule has 0 aromatic heterocycles. The van der Waals surface area contributed by atoms with Gasteiger partial charge >= 0.3 is 0 Å². The number of hydrogen-bond acceptors (Lipinski definition) is 2. The van der Waals surface area contributed by atoms with Crippen molar-refractivity contribution in [2.45, 2.75) is 13.8 Å². The van der Waals surface area contributed by atoms with E-state index in [9.17, 15) is 14.0 Å². The molecule has 1 aliphatic rings. The highest BCUT2D eigenvalue weighted by molar-refractivity contribution is 6.30. The maximum atomic E-state index is 13.3. The molecule has 1 heterocycles. The SMILES string of the molecule is CC1=CC(=O)N(c2cccc(F)c2C)C1=O. The molecule has 0 N–H and O–H groups in total. The monoisotopic (exact) mass is 219 g/mol. The number of nitrogens with zero attached hydrogens (tertiary/aromatic N) is 1. The van der Waals surface area contributed by atoms with E-state index in [1.165, 1.54) is 18.2 Å². The summed E-state index contributed by atoms with van der Waals surface area (Å²) in [5, 5.41) is 0. The van der Waals surface area contributed by atoms with Crippen LogP contribution in [0.15, 0.2) is 29.8 Å². The molecule has 0 radical (unpaired) electrons. The molecule has 3 nitrogen and oxygen atoms in total. The molecule has 0 aliphatic carbocycles. The zero-order valence-corrected chi connectivity index (χ0v) is 8.95. The third kappa shape index (κ3) is 1.43. The van der Waals surface area contributed by atoms with Gasteiger partial charge in [-0.25, -0.2) is 9.29 Å². The Bertz CT molecular complexity index is 520. The average Bonchev–Trinajstić information content (AvgIpc) is 2.47. The fraction of sp³-hybridized carbons (Fsp3) is 0.167. The zero-order chi connectivity index (χ0) is 11.9. The molecule has 1 aromatic rings. The summed E-state index contributed by atoms with van der Waals surface area (Å²) in [6, 6.07) is 4.33. The van der Waals surface area contributed by atoms with E-state index in [-0.39, 0.29) is 0 Å². The van der Waals surface area contributed by atoms with Crippen molar-refractivity contribution in [1.82, 2.24) is 0 Å². The van der Waals surface area contributed by atoms with Crippen molar-refractivity contribution in [3.05, 3.63) is 41.2 Å². The molecule has 0 fully saturated rings. The van der Waals surface area contributed by atoms with Crippen molar-refractivity contribution < 1.29 is 14.0 Å². The molecule has 0 spiro atoms. The largest absolute Gasteiger partial charge is 0.269 e. The lowest BCUT2D eigenvalue weighted by Crippen LogP contribution is -2.31. The number of carbonyl (C=O) groups excluding carboxylic acids is 2. The molecule has 2 amide bonds. The minimum atomic E-state index is -0.428. The van der Waals surface area contributed by atoms with Crippen LogP contribution < -0.4 is 4.90 Å². The molecule has 82 valence electrons. The highest BCUT2D eigenvalue weighted by atomic mass is 19.1. The molecule has 4 heteroatoms. The Morgan fingerprint density at radius 1 is 1.19 bits per heavy atom. The van der Waals surface area contributed by atoms with E-state index in [0.29, 0.717) is 16.8 Å². The first kappa shape index (κ1) is 10.5. The molecule has 1 aliphatic heterocycles. The predicted octanol–water partition coefficient (Wildman–Crippen LogP) is 1.95. The quantitative estimate of drug-likeness (QED) is 0.677. The van der Waals surface area contributed by atoms with Crippen molar-refractivity contribution in [3.8, 4) is 0 Å². The van der Waals surface area contributed by atoms with E-state index >= 15 is 0 Å². The van der Waals surface area contributed by atoms with E-state index in [4.69, 9.17) is 0 Å². The summed E-state index contributed by atoms with van der Waals surface area (Å²) >= 11 is 0. The van der Waals surface area contributed by atoms with E-state index in [2.05, 4.69) is 0 Å². The van der Waals surface area contributed by atoms with Gasteiger partial charge in [0.15, 0.2) is 0 Å². The second-order valence-electron chi connectivity index (χ2n) is 3.69. The van der Waals surface area contributed by atoms with E-state index in [1.54, 1.807) is 19.9 Å². The Labute approximate surface area is 92.2 Å². The van der Waals surface area contributed by atoms with Gasteiger partial charge in [-0.05, 0) is 26.0 Å². The van der Waals surface area contributed by atoms with Gasteiger partial charge in [0.2, 0.25) is 0 Å². The fourth-order valence-corrected chi connectivity index (χ4v) is 1.65. The summed E-state index contributed by atoms with van der Waals surface area (Å²) < 4.78 is 13.3. The lowest BCUT2D eigenvalue weighted by Gasteiger charge is -2.17. The molecular formula is C12H10FNO2. The van der Waals surface area contributed by atoms with Crippen molar-refractivity contribution in [2.24, 2.45) is 0 Å². The van der Waals surface area contributed by atoms with Crippen LogP contribution in [0.3, 0.4) is 0 Å². The van der Waals surface area contributed by atoms with Gasteiger partial charge in [0.1, 0.15) is 5.82 Å². The number of rotatable bonds is 1. The van der Waals surface area contributed by atoms with E-state index in [1.807, 2.05) is 0 Å². The fourth-order valence-electron chi connectivity index (χ4n) is 1.65. The van der Waals surface area contributed by atoms with Gasteiger partial charge in [-0.2, -0.15) is 0 Å². The highest BCUT2D eigenvalue weighted by Gasteiger charge is 2.31. The molecule has 1 aromatic carbocycles. The lowest BCUT2D eigenvalue weighted by atomic mass is 10.1. The van der Waals surface area contributed by atoms with Crippen LogP contribution >= 0.6 is 0 Å². The van der Waals surface area contributed by atoms with Crippen LogP contribution in [0.2, 0.25) is 0 Å². The van der Waals surface area contributed by atoms with Crippen LogP contribution in [0.25, 0.3) is 0 Å². The highest BCUT2D eigenvalue weighted by Crippen LogP contribution is 2.26. The smallest absolute Gasteiger partial charge is 0.261 e. The second-order valence-corrected chi connectivity index (χ2v) is 3.69. The first-order chi connectivity index (χ1) is 7.52. The van der Waals surface area contributed by atoms with Gasteiger partial charge in [-0.3, -0.25) is 9.59 Å². The number of amides is 2. The minimum Gasteiger partial charge on any atom is -0.269 e. The van der Waals surface area contributed by atoms with Crippen LogP contribution in [0.4, 0.5) is 10.1 Å². The van der Waals surface area contributed by atoms with Gasteiger partial charge < -0.3 is 0 Å². The number of halogens is 1. The van der Waals surface area contributed by atoms with E-state index in [0.717, 1.165) is 4.90 Å². The Morgan fingerprint density at radius 3 is 2.44 bits per heavy atom. The van der Waals surface area contributed by atoms with Crippen LogP contribution in [0, 0.1) is 12.7 Å². The summed E-state index contributed by atoms with van der Waals surface area (Å²) in [6.07, 6.45) is 1.26. The maximum absolute atomic E-state index is 13.3. The van der Waals surface area contributed by atoms with Gasteiger partial charge in [-0.1, -0.05) is 6.07 Å². The summed E-state index contributed by atoms with van der Waals surface area (Å²) in [6.45, 7) is 3.10. The minimum absolute atomic E-state index is 0.298. The summed E-state index contributed by atoms with van der Waals surface area (Å²) in [7, 11) is 0. The lowest BCUT2D eigenvalue weighted by molar-refractivity contribution is -0.120. The van der Waals surface area contributed by atoms with E-state index < -0.39 is 17.6 Å². The molecular weight excluding hydrogens is 209 g/mol. The van der Waals surface area contributed by atoms with Crippen molar-refractivity contribution >= 4 is 17.5 Å². The Balaban J connectivity index is 2.51. The molecule has 0 bridgehead atoms. The van der Waals surface area contributed by atoms with Gasteiger partial charge in [0.05, 0.1) is 5.69 Å². The third-order valence-electron chi connectivity index (χ3n) is 2.58. The Kier molecular flexibility index (Phi) is 2.34. The topological polar surface area (TPSA) is 37.4 Å². The zero-order valence-electron chi connectivity index (χ0n) is 8.95. The summed E-state index contributed by atoms with van der Waals surface area (Å²) in [4.78, 5) is 24.3. The van der Waals surface area contributed by atoms with Gasteiger partial charge in [-0.15, -0.1) is 0 Å². The number of anilines is 1. The second kappa shape index (κ2) is 3.56. The number of benzene rings is 1. The predicted molar refractivity (Wildman–Crippen MR) is 57.4 cm³/mol. The van der Waals surface area contributed by atoms with Crippen LogP contribution in [0.5, 0.6) is 0 Å². The van der Waals surface area contributed by atoms with Crippen molar-refractivity contribution in [1.29, 1.82) is 0 Å². The van der Waals surface area contributed by atoms with Crippen LogP contribution in [-0.2, 0) is 9.59 Å². The summed E-state index contributed by atoms with van der Waals surface area (Å²) in [5.41, 5.74) is 0.976. The maximum Gasteiger partial charge on any atom is 0.261 e. The normalized spacial score (nSPS) is 15.7. The third-order valence-corrected chi connectivity index (χ3v) is 2.58. The molecule has 16 heavy (non-hydrogen) atoms. The van der Waals surface area contributed by atoms with Crippen molar-refractivity contribution in [3.63, 3.8) is 0 Å². The Morgan fingerprint density at radius 2 is 1.88 bits per heavy atom. The molecule has 0 unspecified atom stereocenters. The molecule has 2 rings (SSSR count). The summed E-state index contributed by atoms with van der Waals surface area (Å²) in [5.74, 6) is -1.24. The molecule has 0 atom stereocenters. The molecule has 0 saturated carbocycles. The Hall–Kier alpha value is -1.97. The van der Waals surface area contributed by atoms with Crippen LogP contribution in [0.1, 0.15) is 12.5 Å². The first-order valence-corrected chi connectivity index (χ1v) is 4.84. The van der Waals surface area contributed by atoms with Gasteiger partial charge in [0.25, 0.3) is 11.8 Å². The average molecular weight is 219 g/mol. The van der Waals surface area contributed by atoms with Crippen LogP contribution in [-0.4, -0.2) is 11.8 Å². The number of carbonyl (C=O) groups is 2. The first-order valence-electron chi connectivity index (χ1n) is 4.84. The standard InChI is InChI=1S/C12H10FNO2/c1-7-6-11(15)14(12(7)16)10-5-3-4-9(13)8(10)2/h3-6H,1-2H3. The number of hydrogen-bond donors (Lipinski definition) is 0. The van der Waals surface area contributed by atoms with Crippen molar-refractivity contribution in [2.75, 3.05) is 4.90 Å². The van der Waals surface area contributed by atoms with Gasteiger partial charge in [0, 0.05) is 17.2 Å². The number of imide groups is 1. The molecule has 0 saturated heterocycles.